The first-order chi connectivity index (χ1) is 8.61. The fraction of sp³-hybridized carbons (Fsp3) is 0.286. The second-order valence-electron chi connectivity index (χ2n) is 4.17. The van der Waals surface area contributed by atoms with Gasteiger partial charge in [-0.3, -0.25) is 9.48 Å². The molecular weight excluding hydrogens is 248 g/mol. The summed E-state index contributed by atoms with van der Waals surface area (Å²) in [6.07, 6.45) is 0.332. The van der Waals surface area contributed by atoms with Crippen LogP contribution in [0, 0.1) is 6.92 Å². The van der Waals surface area contributed by atoms with Crippen LogP contribution in [0.5, 0.6) is 0 Å². The van der Waals surface area contributed by atoms with E-state index in [4.69, 9.17) is 11.6 Å². The SMILES string of the molecule is CCn1nc(C)cc1CC(=O)c1ccccc1Cl. The lowest BCUT2D eigenvalue weighted by Crippen LogP contribution is -2.10. The number of hydrogen-bond acceptors (Lipinski definition) is 2. The van der Waals surface area contributed by atoms with Gasteiger partial charge in [-0.15, -0.1) is 0 Å². The highest BCUT2D eigenvalue weighted by Gasteiger charge is 2.13. The van der Waals surface area contributed by atoms with E-state index in [2.05, 4.69) is 5.10 Å². The smallest absolute Gasteiger partial charge is 0.170 e. The number of ketones is 1. The average molecular weight is 263 g/mol. The van der Waals surface area contributed by atoms with Gasteiger partial charge in [0, 0.05) is 17.8 Å². The zero-order chi connectivity index (χ0) is 13.1. The molecule has 0 aliphatic rings. The van der Waals surface area contributed by atoms with Crippen LogP contribution >= 0.6 is 11.6 Å². The summed E-state index contributed by atoms with van der Waals surface area (Å²) in [4.78, 5) is 12.2. The van der Waals surface area contributed by atoms with E-state index in [9.17, 15) is 4.79 Å². The number of benzene rings is 1. The fourth-order valence-electron chi connectivity index (χ4n) is 1.96. The molecular formula is C14H15ClN2O. The van der Waals surface area contributed by atoms with Crippen molar-refractivity contribution in [3.05, 3.63) is 52.3 Å². The lowest BCUT2D eigenvalue weighted by atomic mass is 10.1. The molecule has 0 bridgehead atoms. The van der Waals surface area contributed by atoms with Crippen LogP contribution in [0.4, 0.5) is 0 Å². The lowest BCUT2D eigenvalue weighted by Gasteiger charge is -2.05. The lowest BCUT2D eigenvalue weighted by molar-refractivity contribution is 0.0990. The Kier molecular flexibility index (Phi) is 3.82. The summed E-state index contributed by atoms with van der Waals surface area (Å²) in [5, 5.41) is 4.83. The second kappa shape index (κ2) is 5.36. The molecule has 0 saturated carbocycles. The number of rotatable bonds is 4. The molecule has 0 aliphatic carbocycles. The van der Waals surface area contributed by atoms with Crippen LogP contribution in [-0.4, -0.2) is 15.6 Å². The second-order valence-corrected chi connectivity index (χ2v) is 4.58. The third kappa shape index (κ3) is 2.62. The van der Waals surface area contributed by atoms with Crippen molar-refractivity contribution in [2.75, 3.05) is 0 Å². The Morgan fingerprint density at radius 3 is 2.78 bits per heavy atom. The molecule has 0 saturated heterocycles. The fourth-order valence-corrected chi connectivity index (χ4v) is 2.20. The quantitative estimate of drug-likeness (QED) is 0.793. The minimum atomic E-state index is 0.0233. The van der Waals surface area contributed by atoms with Crippen LogP contribution in [-0.2, 0) is 13.0 Å². The normalized spacial score (nSPS) is 10.6. The number of aromatic nitrogens is 2. The van der Waals surface area contributed by atoms with Crippen molar-refractivity contribution in [1.82, 2.24) is 9.78 Å². The van der Waals surface area contributed by atoms with Crippen LogP contribution in [0.1, 0.15) is 28.7 Å². The minimum absolute atomic E-state index is 0.0233. The number of carbonyl (C=O) groups excluding carboxylic acids is 1. The van der Waals surface area contributed by atoms with Crippen molar-refractivity contribution in [3.63, 3.8) is 0 Å². The maximum absolute atomic E-state index is 12.2. The molecule has 2 rings (SSSR count). The summed E-state index contributed by atoms with van der Waals surface area (Å²) >= 11 is 6.02. The highest BCUT2D eigenvalue weighted by Crippen LogP contribution is 2.17. The molecule has 0 N–H and O–H groups in total. The molecule has 1 heterocycles. The van der Waals surface area contributed by atoms with Gasteiger partial charge in [0.15, 0.2) is 5.78 Å². The van der Waals surface area contributed by atoms with Gasteiger partial charge in [-0.25, -0.2) is 0 Å². The standard InChI is InChI=1S/C14H15ClN2O/c1-3-17-11(8-10(2)16-17)9-14(18)12-6-4-5-7-13(12)15/h4-8H,3,9H2,1-2H3. The van der Waals surface area contributed by atoms with Gasteiger partial charge in [-0.2, -0.15) is 5.10 Å². The van der Waals surface area contributed by atoms with E-state index in [0.29, 0.717) is 17.0 Å². The van der Waals surface area contributed by atoms with E-state index in [-0.39, 0.29) is 5.78 Å². The van der Waals surface area contributed by atoms with Gasteiger partial charge in [0.2, 0.25) is 0 Å². The molecule has 0 amide bonds. The third-order valence-corrected chi connectivity index (χ3v) is 3.13. The first-order valence-electron chi connectivity index (χ1n) is 5.93. The zero-order valence-electron chi connectivity index (χ0n) is 10.5. The minimum Gasteiger partial charge on any atom is -0.294 e. The molecule has 1 aromatic carbocycles. The van der Waals surface area contributed by atoms with Gasteiger partial charge >= 0.3 is 0 Å². The number of Topliss-reactive ketones (excluding diaryl/α,β-unsaturated/α-hetero) is 1. The Balaban J connectivity index is 2.24. The zero-order valence-corrected chi connectivity index (χ0v) is 11.2. The summed E-state index contributed by atoms with van der Waals surface area (Å²) in [5.41, 5.74) is 2.43. The molecule has 94 valence electrons. The summed E-state index contributed by atoms with van der Waals surface area (Å²) in [7, 11) is 0. The monoisotopic (exact) mass is 262 g/mol. The van der Waals surface area contributed by atoms with Crippen LogP contribution in [0.2, 0.25) is 5.02 Å². The molecule has 3 nitrogen and oxygen atoms in total. The molecule has 0 atom stereocenters. The molecule has 0 radical (unpaired) electrons. The number of aryl methyl sites for hydroxylation is 2. The van der Waals surface area contributed by atoms with E-state index in [1.54, 1.807) is 12.1 Å². The topological polar surface area (TPSA) is 34.9 Å². The van der Waals surface area contributed by atoms with Crippen LogP contribution in [0.3, 0.4) is 0 Å². The van der Waals surface area contributed by atoms with Crippen molar-refractivity contribution >= 4 is 17.4 Å². The Morgan fingerprint density at radius 1 is 1.39 bits per heavy atom. The summed E-state index contributed by atoms with van der Waals surface area (Å²) < 4.78 is 1.85. The van der Waals surface area contributed by atoms with Gasteiger partial charge in [-0.1, -0.05) is 23.7 Å². The molecule has 1 aromatic heterocycles. The molecule has 2 aromatic rings. The highest BCUT2D eigenvalue weighted by molar-refractivity contribution is 6.34. The van der Waals surface area contributed by atoms with Gasteiger partial charge < -0.3 is 0 Å². The first-order valence-corrected chi connectivity index (χ1v) is 6.30. The Morgan fingerprint density at radius 2 is 2.11 bits per heavy atom. The maximum atomic E-state index is 12.2. The van der Waals surface area contributed by atoms with Gasteiger partial charge in [0.1, 0.15) is 0 Å². The largest absolute Gasteiger partial charge is 0.294 e. The summed E-state index contributed by atoms with van der Waals surface area (Å²) in [6, 6.07) is 9.07. The Bertz CT molecular complexity index is 575. The van der Waals surface area contributed by atoms with E-state index < -0.39 is 0 Å². The van der Waals surface area contributed by atoms with Crippen molar-refractivity contribution in [3.8, 4) is 0 Å². The van der Waals surface area contributed by atoms with Crippen molar-refractivity contribution in [1.29, 1.82) is 0 Å². The number of nitrogens with zero attached hydrogens (tertiary/aromatic N) is 2. The first kappa shape index (κ1) is 12.8. The summed E-state index contributed by atoms with van der Waals surface area (Å²) in [6.45, 7) is 4.70. The molecule has 0 aliphatic heterocycles. The van der Waals surface area contributed by atoms with Crippen molar-refractivity contribution in [2.45, 2.75) is 26.8 Å². The van der Waals surface area contributed by atoms with E-state index in [0.717, 1.165) is 17.9 Å². The van der Waals surface area contributed by atoms with Crippen LogP contribution < -0.4 is 0 Å². The van der Waals surface area contributed by atoms with Gasteiger partial charge in [-0.05, 0) is 32.0 Å². The predicted molar refractivity (Wildman–Crippen MR) is 72.1 cm³/mol. The summed E-state index contributed by atoms with van der Waals surface area (Å²) in [5.74, 6) is 0.0233. The number of halogens is 1. The van der Waals surface area contributed by atoms with Gasteiger partial charge in [0.05, 0.1) is 17.1 Å². The average Bonchev–Trinajstić information content (AvgIpc) is 2.70. The molecule has 0 unspecified atom stereocenters. The van der Waals surface area contributed by atoms with E-state index >= 15 is 0 Å². The molecule has 4 heteroatoms. The highest BCUT2D eigenvalue weighted by atomic mass is 35.5. The van der Waals surface area contributed by atoms with Crippen molar-refractivity contribution in [2.24, 2.45) is 0 Å². The molecule has 0 spiro atoms. The van der Waals surface area contributed by atoms with Crippen molar-refractivity contribution < 1.29 is 4.79 Å². The number of carbonyl (C=O) groups is 1. The van der Waals surface area contributed by atoms with Gasteiger partial charge in [0.25, 0.3) is 0 Å². The number of hydrogen-bond donors (Lipinski definition) is 0. The van der Waals surface area contributed by atoms with Crippen LogP contribution in [0.15, 0.2) is 30.3 Å². The van der Waals surface area contributed by atoms with E-state index in [1.807, 2.05) is 36.7 Å². The Hall–Kier alpha value is -1.61. The maximum Gasteiger partial charge on any atom is 0.170 e. The molecule has 18 heavy (non-hydrogen) atoms. The predicted octanol–water partition coefficient (Wildman–Crippen LogP) is 3.29. The Labute approximate surface area is 111 Å². The van der Waals surface area contributed by atoms with E-state index in [1.165, 1.54) is 0 Å². The van der Waals surface area contributed by atoms with Crippen LogP contribution in [0.25, 0.3) is 0 Å². The molecule has 0 fully saturated rings. The third-order valence-electron chi connectivity index (χ3n) is 2.80.